The highest BCUT2D eigenvalue weighted by Gasteiger charge is 2.16. The van der Waals surface area contributed by atoms with E-state index in [0.717, 1.165) is 11.8 Å². The summed E-state index contributed by atoms with van der Waals surface area (Å²) in [6.45, 7) is 1.90. The highest BCUT2D eigenvalue weighted by atomic mass is 32.2. The maximum absolute atomic E-state index is 11.0. The molecule has 1 unspecified atom stereocenters. The van der Waals surface area contributed by atoms with Gasteiger partial charge in [0.15, 0.2) is 0 Å². The number of esters is 1. The Bertz CT molecular complexity index is 255. The third-order valence-electron chi connectivity index (χ3n) is 1.36. The maximum atomic E-state index is 11.0. The van der Waals surface area contributed by atoms with Crippen molar-refractivity contribution in [2.45, 2.75) is 13.0 Å². The molecule has 0 aromatic rings. The van der Waals surface area contributed by atoms with Gasteiger partial charge in [-0.15, -0.1) is 0 Å². The molecule has 1 atom stereocenters. The number of ether oxygens (including phenoxy) is 1. The van der Waals surface area contributed by atoms with Crippen molar-refractivity contribution in [1.82, 2.24) is 0 Å². The molecule has 0 aromatic carbocycles. The lowest BCUT2D eigenvalue weighted by Crippen LogP contribution is -2.35. The fourth-order valence-electron chi connectivity index (χ4n) is 0.658. The minimum absolute atomic E-state index is 0.165. The summed E-state index contributed by atoms with van der Waals surface area (Å²) in [5.74, 6) is -2.96. The van der Waals surface area contributed by atoms with E-state index in [9.17, 15) is 14.4 Å². The van der Waals surface area contributed by atoms with Gasteiger partial charge in [0.05, 0.1) is 12.4 Å². The van der Waals surface area contributed by atoms with Crippen molar-refractivity contribution in [1.29, 1.82) is 0 Å². The quantitative estimate of drug-likeness (QED) is 0.442. The molecular weight excluding hydrogens is 222 g/mol. The van der Waals surface area contributed by atoms with Crippen LogP contribution in [0.4, 0.5) is 0 Å². The van der Waals surface area contributed by atoms with E-state index in [1.54, 1.807) is 6.92 Å². The molecule has 0 saturated carbocycles. The summed E-state index contributed by atoms with van der Waals surface area (Å²) < 4.78 is 4.63. The van der Waals surface area contributed by atoms with Gasteiger partial charge in [-0.3, -0.25) is 9.59 Å². The molecule has 0 fully saturated rings. The smallest absolute Gasteiger partial charge is 0.373 e. The minimum Gasteiger partial charge on any atom is -0.475 e. The van der Waals surface area contributed by atoms with Gasteiger partial charge in [0.1, 0.15) is 6.04 Å². The molecule has 0 spiro atoms. The second kappa shape index (κ2) is 7.24. The largest absolute Gasteiger partial charge is 0.475 e. The summed E-state index contributed by atoms with van der Waals surface area (Å²) >= 11 is 0.996. The van der Waals surface area contributed by atoms with Crippen molar-refractivity contribution >= 4 is 29.5 Å². The number of hydrogen-bond acceptors (Lipinski definition) is 6. The number of hydrogen-bond donors (Lipinski definition) is 2. The third-order valence-corrected chi connectivity index (χ3v) is 2.42. The average Bonchev–Trinajstić information content (AvgIpc) is 2.17. The molecule has 0 bridgehead atoms. The van der Waals surface area contributed by atoms with Crippen LogP contribution in [0, 0.1) is 0 Å². The first-order valence-electron chi connectivity index (χ1n) is 4.25. The molecule has 0 heterocycles. The van der Waals surface area contributed by atoms with Crippen LogP contribution in [0.15, 0.2) is 0 Å². The summed E-state index contributed by atoms with van der Waals surface area (Å²) in [5, 5.41) is 8.25. The Labute approximate surface area is 91.1 Å². The van der Waals surface area contributed by atoms with Crippen molar-refractivity contribution in [3.8, 4) is 0 Å². The first-order valence-corrected chi connectivity index (χ1v) is 5.40. The lowest BCUT2D eigenvalue weighted by molar-refractivity contribution is -0.147. The van der Waals surface area contributed by atoms with Crippen LogP contribution in [0.25, 0.3) is 0 Å². The predicted octanol–water partition coefficient (Wildman–Crippen LogP) is -0.736. The number of nitrogens with two attached hydrogens (primary N) is 1. The van der Waals surface area contributed by atoms with Crippen molar-refractivity contribution < 1.29 is 24.2 Å². The average molecular weight is 235 g/mol. The summed E-state index contributed by atoms with van der Waals surface area (Å²) in [7, 11) is 0. The van der Waals surface area contributed by atoms with Gasteiger partial charge in [0.25, 0.3) is 0 Å². The van der Waals surface area contributed by atoms with E-state index in [4.69, 9.17) is 10.8 Å². The zero-order valence-electron chi connectivity index (χ0n) is 8.26. The number of Topliss-reactive ketones (excluding diaryl/α,β-unsaturated/α-hetero) is 1. The molecule has 0 aromatic heterocycles. The van der Waals surface area contributed by atoms with E-state index in [0.29, 0.717) is 0 Å². The van der Waals surface area contributed by atoms with E-state index in [1.807, 2.05) is 0 Å². The van der Waals surface area contributed by atoms with Crippen molar-refractivity contribution in [2.24, 2.45) is 5.73 Å². The second-order valence-corrected chi connectivity index (χ2v) is 3.63. The Morgan fingerprint density at radius 2 is 2.07 bits per heavy atom. The van der Waals surface area contributed by atoms with Crippen molar-refractivity contribution in [3.05, 3.63) is 0 Å². The van der Waals surface area contributed by atoms with E-state index in [1.165, 1.54) is 0 Å². The molecule has 3 N–H and O–H groups in total. The van der Waals surface area contributed by atoms with Crippen molar-refractivity contribution in [3.63, 3.8) is 0 Å². The van der Waals surface area contributed by atoms with Crippen LogP contribution in [0.3, 0.4) is 0 Å². The Balaban J connectivity index is 3.72. The van der Waals surface area contributed by atoms with Crippen molar-refractivity contribution in [2.75, 3.05) is 18.1 Å². The van der Waals surface area contributed by atoms with Gasteiger partial charge in [-0.25, -0.2) is 4.79 Å². The number of carbonyl (C=O) groups is 3. The summed E-state index contributed by atoms with van der Waals surface area (Å²) in [6, 6.07) is -0.823. The molecule has 6 nitrogen and oxygen atoms in total. The van der Waals surface area contributed by atoms with Crippen LogP contribution in [0.5, 0.6) is 0 Å². The van der Waals surface area contributed by atoms with Gasteiger partial charge in [0, 0.05) is 5.75 Å². The molecule has 0 aliphatic rings. The highest BCUT2D eigenvalue weighted by Crippen LogP contribution is 2.03. The SMILES string of the molecule is CCOC(=O)C(N)CSCC(=O)C(=O)O. The van der Waals surface area contributed by atoms with Gasteiger partial charge in [-0.1, -0.05) is 0 Å². The number of carboxylic acids is 1. The Morgan fingerprint density at radius 3 is 2.53 bits per heavy atom. The van der Waals surface area contributed by atoms with E-state index >= 15 is 0 Å². The highest BCUT2D eigenvalue weighted by molar-refractivity contribution is 8.00. The molecule has 7 heteroatoms. The fraction of sp³-hybridized carbons (Fsp3) is 0.625. The number of thioether (sulfide) groups is 1. The molecule has 0 radical (unpaired) electrons. The van der Waals surface area contributed by atoms with Gasteiger partial charge >= 0.3 is 11.9 Å². The third kappa shape index (κ3) is 6.08. The van der Waals surface area contributed by atoms with Crippen LogP contribution >= 0.6 is 11.8 Å². The summed E-state index contributed by atoms with van der Waals surface area (Å²) in [5.41, 5.74) is 5.41. The predicted molar refractivity (Wildman–Crippen MR) is 54.6 cm³/mol. The number of aliphatic carboxylic acids is 1. The van der Waals surface area contributed by atoms with E-state index in [2.05, 4.69) is 4.74 Å². The maximum Gasteiger partial charge on any atom is 0.373 e. The number of ketones is 1. The van der Waals surface area contributed by atoms with Gasteiger partial charge in [0.2, 0.25) is 5.78 Å². The Morgan fingerprint density at radius 1 is 1.47 bits per heavy atom. The lowest BCUT2D eigenvalue weighted by atomic mass is 10.4. The minimum atomic E-state index is -1.48. The number of rotatable bonds is 7. The zero-order valence-corrected chi connectivity index (χ0v) is 9.08. The summed E-state index contributed by atoms with van der Waals surface area (Å²) in [6.07, 6.45) is 0. The molecule has 0 rings (SSSR count). The Kier molecular flexibility index (Phi) is 6.72. The monoisotopic (exact) mass is 235 g/mol. The topological polar surface area (TPSA) is 107 Å². The first-order chi connectivity index (χ1) is 6.99. The standard InChI is InChI=1S/C8H13NO5S/c1-2-14-8(13)5(9)3-15-4-6(10)7(11)12/h5H,2-4,9H2,1H3,(H,11,12). The van der Waals surface area contributed by atoms with Gasteiger partial charge < -0.3 is 15.6 Å². The van der Waals surface area contributed by atoms with Crippen LogP contribution in [-0.4, -0.2) is 47.0 Å². The molecule has 86 valence electrons. The number of carboxylic acid groups (broad SMARTS) is 1. The second-order valence-electron chi connectivity index (χ2n) is 2.60. The molecule has 0 aliphatic heterocycles. The molecule has 0 aliphatic carbocycles. The van der Waals surface area contributed by atoms with Crippen LogP contribution in [-0.2, 0) is 19.1 Å². The summed E-state index contributed by atoms with van der Waals surface area (Å²) in [4.78, 5) is 31.8. The first kappa shape index (κ1) is 13.9. The normalized spacial score (nSPS) is 11.9. The van der Waals surface area contributed by atoms with E-state index < -0.39 is 23.8 Å². The van der Waals surface area contributed by atoms with Crippen LogP contribution in [0.1, 0.15) is 6.92 Å². The Hall–Kier alpha value is -1.08. The van der Waals surface area contributed by atoms with Gasteiger partial charge in [-0.2, -0.15) is 11.8 Å². The van der Waals surface area contributed by atoms with Crippen LogP contribution < -0.4 is 5.73 Å². The molecular formula is C8H13NO5S. The number of carbonyl (C=O) groups excluding carboxylic acids is 2. The molecule has 0 amide bonds. The fourth-order valence-corrected chi connectivity index (χ4v) is 1.47. The zero-order chi connectivity index (χ0) is 11.8. The lowest BCUT2D eigenvalue weighted by Gasteiger charge is -2.08. The van der Waals surface area contributed by atoms with Crippen LogP contribution in [0.2, 0.25) is 0 Å². The van der Waals surface area contributed by atoms with Gasteiger partial charge in [-0.05, 0) is 6.92 Å². The molecule has 0 saturated heterocycles. The van der Waals surface area contributed by atoms with E-state index in [-0.39, 0.29) is 18.1 Å². The molecule has 15 heavy (non-hydrogen) atoms.